The van der Waals surface area contributed by atoms with Gasteiger partial charge in [0.05, 0.1) is 5.56 Å². The smallest absolute Gasteiger partial charge is 0.250 e. The predicted molar refractivity (Wildman–Crippen MR) is 127 cm³/mol. The number of amides is 1. The van der Waals surface area contributed by atoms with Crippen LogP contribution in [0.4, 0.5) is 0 Å². The van der Waals surface area contributed by atoms with Gasteiger partial charge in [0.15, 0.2) is 0 Å². The van der Waals surface area contributed by atoms with E-state index in [0.29, 0.717) is 11.4 Å². The van der Waals surface area contributed by atoms with Gasteiger partial charge < -0.3 is 10.5 Å². The maximum atomic E-state index is 11.1. The van der Waals surface area contributed by atoms with Crippen molar-refractivity contribution in [1.82, 2.24) is 9.88 Å². The summed E-state index contributed by atoms with van der Waals surface area (Å²) in [6.07, 6.45) is 7.81. The van der Waals surface area contributed by atoms with Gasteiger partial charge in [-0.25, -0.2) is 4.98 Å². The largest absolute Gasteiger partial charge is 0.439 e. The van der Waals surface area contributed by atoms with Crippen LogP contribution in [0, 0.1) is 5.92 Å². The summed E-state index contributed by atoms with van der Waals surface area (Å²) in [4.78, 5) is 17.9. The van der Waals surface area contributed by atoms with Crippen LogP contribution in [0.25, 0.3) is 0 Å². The maximum Gasteiger partial charge on any atom is 0.250 e. The fourth-order valence-electron chi connectivity index (χ4n) is 4.40. The Morgan fingerprint density at radius 1 is 1.03 bits per heavy atom. The maximum absolute atomic E-state index is 11.1. The number of nitrogens with zero attached hydrogens (tertiary/aromatic N) is 2. The standard InChI is InChI=1S/C27H31N3O2/c28-27(31)24-13-16-26(29-18-24)32-25-14-11-23(12-15-25)20-30-17-5-10-22(19-30)9-4-8-21-6-2-1-3-7-21/h1-3,6-7,11-16,18,22H,4-5,8-10,17,19-20H2,(H2,28,31). The molecule has 0 saturated carbocycles. The number of piperidine rings is 1. The molecule has 5 heteroatoms. The van der Waals surface area contributed by atoms with Crippen LogP contribution in [0.15, 0.2) is 72.9 Å². The number of likely N-dealkylation sites (tertiary alicyclic amines) is 1. The zero-order chi connectivity index (χ0) is 22.2. The van der Waals surface area contributed by atoms with E-state index >= 15 is 0 Å². The van der Waals surface area contributed by atoms with E-state index in [0.717, 1.165) is 18.2 Å². The molecular weight excluding hydrogens is 398 g/mol. The molecule has 5 nitrogen and oxygen atoms in total. The molecule has 2 aromatic carbocycles. The third-order valence-electron chi connectivity index (χ3n) is 6.10. The van der Waals surface area contributed by atoms with Crippen molar-refractivity contribution >= 4 is 5.91 Å². The number of nitrogens with two attached hydrogens (primary N) is 1. The van der Waals surface area contributed by atoms with E-state index in [1.165, 1.54) is 62.5 Å². The molecule has 0 aliphatic carbocycles. The van der Waals surface area contributed by atoms with Gasteiger partial charge in [0.25, 0.3) is 0 Å². The molecule has 1 unspecified atom stereocenters. The van der Waals surface area contributed by atoms with Crippen molar-refractivity contribution < 1.29 is 9.53 Å². The van der Waals surface area contributed by atoms with Gasteiger partial charge in [0.2, 0.25) is 11.8 Å². The van der Waals surface area contributed by atoms with E-state index in [1.807, 2.05) is 12.1 Å². The van der Waals surface area contributed by atoms with E-state index < -0.39 is 5.91 Å². The van der Waals surface area contributed by atoms with Crippen molar-refractivity contribution in [2.75, 3.05) is 13.1 Å². The first kappa shape index (κ1) is 22.0. The van der Waals surface area contributed by atoms with Crippen LogP contribution in [-0.2, 0) is 13.0 Å². The third-order valence-corrected chi connectivity index (χ3v) is 6.10. The molecule has 4 rings (SSSR count). The van der Waals surface area contributed by atoms with Gasteiger partial charge in [0.1, 0.15) is 5.75 Å². The zero-order valence-electron chi connectivity index (χ0n) is 18.5. The molecule has 32 heavy (non-hydrogen) atoms. The summed E-state index contributed by atoms with van der Waals surface area (Å²) < 4.78 is 5.78. The van der Waals surface area contributed by atoms with Gasteiger partial charge in [-0.05, 0) is 73.9 Å². The Kier molecular flexibility index (Phi) is 7.51. The number of pyridine rings is 1. The molecule has 0 radical (unpaired) electrons. The van der Waals surface area contributed by atoms with E-state index in [-0.39, 0.29) is 0 Å². The lowest BCUT2D eigenvalue weighted by Crippen LogP contribution is -2.34. The van der Waals surface area contributed by atoms with Gasteiger partial charge in [-0.15, -0.1) is 0 Å². The number of hydrogen-bond acceptors (Lipinski definition) is 4. The SMILES string of the molecule is NC(=O)c1ccc(Oc2ccc(CN3CCCC(CCCc4ccccc4)C3)cc2)nc1. The fourth-order valence-corrected chi connectivity index (χ4v) is 4.40. The molecule has 2 heterocycles. The van der Waals surface area contributed by atoms with Crippen LogP contribution in [0.3, 0.4) is 0 Å². The highest BCUT2D eigenvalue weighted by Crippen LogP contribution is 2.25. The summed E-state index contributed by atoms with van der Waals surface area (Å²) >= 11 is 0. The van der Waals surface area contributed by atoms with Crippen LogP contribution < -0.4 is 10.5 Å². The number of aryl methyl sites for hydroxylation is 1. The summed E-state index contributed by atoms with van der Waals surface area (Å²) in [5, 5.41) is 0. The Labute approximate surface area is 190 Å². The molecule has 1 aromatic heterocycles. The molecule has 1 amide bonds. The fraction of sp³-hybridized carbons (Fsp3) is 0.333. The Hall–Kier alpha value is -3.18. The number of primary amides is 1. The van der Waals surface area contributed by atoms with Crippen LogP contribution in [0.1, 0.15) is 47.2 Å². The Morgan fingerprint density at radius 3 is 2.56 bits per heavy atom. The molecule has 1 aliphatic rings. The second-order valence-corrected chi connectivity index (χ2v) is 8.62. The molecule has 1 saturated heterocycles. The van der Waals surface area contributed by atoms with Crippen molar-refractivity contribution in [3.8, 4) is 11.6 Å². The van der Waals surface area contributed by atoms with Crippen molar-refractivity contribution in [1.29, 1.82) is 0 Å². The average molecular weight is 430 g/mol. The van der Waals surface area contributed by atoms with E-state index in [2.05, 4.69) is 52.3 Å². The minimum absolute atomic E-state index is 0.368. The second-order valence-electron chi connectivity index (χ2n) is 8.62. The van der Waals surface area contributed by atoms with Crippen LogP contribution in [0.5, 0.6) is 11.6 Å². The highest BCUT2D eigenvalue weighted by atomic mass is 16.5. The summed E-state index contributed by atoms with van der Waals surface area (Å²) in [6.45, 7) is 3.33. The number of ether oxygens (including phenoxy) is 1. The van der Waals surface area contributed by atoms with Crippen molar-refractivity contribution in [3.05, 3.63) is 89.6 Å². The highest BCUT2D eigenvalue weighted by Gasteiger charge is 2.19. The van der Waals surface area contributed by atoms with Crippen molar-refractivity contribution in [3.63, 3.8) is 0 Å². The molecule has 1 aliphatic heterocycles. The number of carbonyl (C=O) groups is 1. The number of benzene rings is 2. The molecular formula is C27H31N3O2. The summed E-state index contributed by atoms with van der Waals surface area (Å²) in [7, 11) is 0. The van der Waals surface area contributed by atoms with Crippen LogP contribution in [0.2, 0.25) is 0 Å². The van der Waals surface area contributed by atoms with E-state index in [9.17, 15) is 4.79 Å². The number of rotatable bonds is 9. The molecule has 1 fully saturated rings. The van der Waals surface area contributed by atoms with Crippen molar-refractivity contribution in [2.24, 2.45) is 11.7 Å². The highest BCUT2D eigenvalue weighted by molar-refractivity contribution is 5.92. The molecule has 0 bridgehead atoms. The Morgan fingerprint density at radius 2 is 1.84 bits per heavy atom. The second kappa shape index (κ2) is 10.9. The lowest BCUT2D eigenvalue weighted by molar-refractivity contribution is 0.1000. The summed E-state index contributed by atoms with van der Waals surface area (Å²) in [5.41, 5.74) is 8.35. The normalized spacial score (nSPS) is 16.6. The van der Waals surface area contributed by atoms with Gasteiger partial charge in [-0.3, -0.25) is 9.69 Å². The van der Waals surface area contributed by atoms with Crippen LogP contribution >= 0.6 is 0 Å². The molecule has 166 valence electrons. The first-order valence-electron chi connectivity index (χ1n) is 11.4. The van der Waals surface area contributed by atoms with E-state index in [1.54, 1.807) is 12.1 Å². The monoisotopic (exact) mass is 429 g/mol. The number of hydrogen-bond donors (Lipinski definition) is 1. The molecule has 0 spiro atoms. The topological polar surface area (TPSA) is 68.5 Å². The first-order valence-corrected chi connectivity index (χ1v) is 11.4. The van der Waals surface area contributed by atoms with Crippen LogP contribution in [-0.4, -0.2) is 28.9 Å². The zero-order valence-corrected chi connectivity index (χ0v) is 18.5. The lowest BCUT2D eigenvalue weighted by Gasteiger charge is -2.33. The summed E-state index contributed by atoms with van der Waals surface area (Å²) in [5.74, 6) is 1.47. The van der Waals surface area contributed by atoms with Gasteiger partial charge in [0, 0.05) is 25.4 Å². The molecule has 1 atom stereocenters. The Bertz CT molecular complexity index is 988. The third kappa shape index (κ3) is 6.41. The minimum Gasteiger partial charge on any atom is -0.439 e. The lowest BCUT2D eigenvalue weighted by atomic mass is 9.91. The van der Waals surface area contributed by atoms with Crippen molar-refractivity contribution in [2.45, 2.75) is 38.6 Å². The van der Waals surface area contributed by atoms with Gasteiger partial charge >= 0.3 is 0 Å². The summed E-state index contributed by atoms with van der Waals surface area (Å²) in [6, 6.07) is 22.2. The Balaban J connectivity index is 1.24. The molecule has 2 N–H and O–H groups in total. The number of aromatic nitrogens is 1. The van der Waals surface area contributed by atoms with Gasteiger partial charge in [-0.2, -0.15) is 0 Å². The van der Waals surface area contributed by atoms with E-state index in [4.69, 9.17) is 10.5 Å². The minimum atomic E-state index is -0.496. The quantitative estimate of drug-likeness (QED) is 0.507. The number of carbonyl (C=O) groups excluding carboxylic acids is 1. The van der Waals surface area contributed by atoms with Gasteiger partial charge in [-0.1, -0.05) is 42.5 Å². The molecule has 3 aromatic rings. The first-order chi connectivity index (χ1) is 15.7. The predicted octanol–water partition coefficient (Wildman–Crippen LogP) is 5.21. The average Bonchev–Trinajstić information content (AvgIpc) is 2.82.